The van der Waals surface area contributed by atoms with E-state index in [1.54, 1.807) is 23.5 Å². The number of nitrogens with one attached hydrogen (secondary N) is 1. The molecule has 0 fully saturated rings. The zero-order valence-corrected chi connectivity index (χ0v) is 17.7. The van der Waals surface area contributed by atoms with Crippen molar-refractivity contribution in [2.24, 2.45) is 4.99 Å². The largest absolute Gasteiger partial charge is 0.450 e. The Balaban J connectivity index is 1.70. The number of carbonyl (C=O) groups excluding carboxylic acids is 2. The Morgan fingerprint density at radius 3 is 2.82 bits per heavy atom. The van der Waals surface area contributed by atoms with Gasteiger partial charge in [0.15, 0.2) is 6.61 Å². The molecule has 0 atom stereocenters. The summed E-state index contributed by atoms with van der Waals surface area (Å²) < 4.78 is 12.0. The molecule has 2 heterocycles. The maximum atomic E-state index is 12.6. The Kier molecular flexibility index (Phi) is 7.44. The predicted molar refractivity (Wildman–Crippen MR) is 115 cm³/mol. The van der Waals surface area contributed by atoms with Gasteiger partial charge in [-0.2, -0.15) is 0 Å². The second kappa shape index (κ2) is 10.0. The molecule has 3 rings (SSSR count). The number of benzene rings is 1. The third-order valence-electron chi connectivity index (χ3n) is 4.47. The summed E-state index contributed by atoms with van der Waals surface area (Å²) >= 11 is 3.31. The summed E-state index contributed by atoms with van der Waals surface area (Å²) in [6, 6.07) is 7.61. The second-order valence-electron chi connectivity index (χ2n) is 6.35. The molecule has 1 aliphatic heterocycles. The average molecular weight is 421 g/mol. The topological polar surface area (TPSA) is 80.9 Å². The molecule has 0 radical (unpaired) electrons. The van der Waals surface area contributed by atoms with Gasteiger partial charge in [-0.15, -0.1) is 0 Å². The summed E-state index contributed by atoms with van der Waals surface area (Å²) in [6.07, 6.45) is 1.67. The highest BCUT2D eigenvalue weighted by molar-refractivity contribution is 8.38. The monoisotopic (exact) mass is 420 g/mol. The third kappa shape index (κ3) is 5.11. The van der Waals surface area contributed by atoms with E-state index in [9.17, 15) is 9.59 Å². The molecule has 1 aromatic heterocycles. The van der Waals surface area contributed by atoms with Gasteiger partial charge in [0.25, 0.3) is 5.91 Å². The fourth-order valence-electron chi connectivity index (χ4n) is 2.90. The SMILES string of the molecule is CCC(CC)NC(=O)COC(=O)c1oc2ccccc2c1CSC1=NCCS1. The third-order valence-corrected chi connectivity index (χ3v) is 6.75. The van der Waals surface area contributed by atoms with Crippen molar-refractivity contribution in [3.05, 3.63) is 35.6 Å². The fourth-order valence-corrected chi connectivity index (χ4v) is 4.94. The van der Waals surface area contributed by atoms with Gasteiger partial charge in [0.05, 0.1) is 6.54 Å². The first kappa shape index (κ1) is 20.8. The Morgan fingerprint density at radius 2 is 2.11 bits per heavy atom. The lowest BCUT2D eigenvalue weighted by molar-refractivity contribution is -0.125. The first-order valence-corrected chi connectivity index (χ1v) is 11.4. The molecule has 0 saturated carbocycles. The summed E-state index contributed by atoms with van der Waals surface area (Å²) in [5.74, 6) is 0.799. The van der Waals surface area contributed by atoms with Crippen molar-refractivity contribution in [1.29, 1.82) is 0 Å². The van der Waals surface area contributed by atoms with E-state index in [1.165, 1.54) is 0 Å². The van der Waals surface area contributed by atoms with E-state index in [0.717, 1.165) is 40.5 Å². The van der Waals surface area contributed by atoms with Gasteiger partial charge in [-0.3, -0.25) is 9.79 Å². The smallest absolute Gasteiger partial charge is 0.375 e. The number of hydrogen-bond donors (Lipinski definition) is 1. The van der Waals surface area contributed by atoms with E-state index in [2.05, 4.69) is 10.3 Å². The van der Waals surface area contributed by atoms with Gasteiger partial charge in [0.2, 0.25) is 5.76 Å². The van der Waals surface area contributed by atoms with Crippen LogP contribution in [0, 0.1) is 0 Å². The van der Waals surface area contributed by atoms with Crippen LogP contribution in [0.25, 0.3) is 11.0 Å². The van der Waals surface area contributed by atoms with Gasteiger partial charge in [0, 0.05) is 28.5 Å². The van der Waals surface area contributed by atoms with E-state index in [1.807, 2.05) is 38.1 Å². The van der Waals surface area contributed by atoms with Crippen LogP contribution in [0.15, 0.2) is 33.7 Å². The molecule has 1 aliphatic rings. The zero-order valence-electron chi connectivity index (χ0n) is 16.0. The molecule has 0 bridgehead atoms. The van der Waals surface area contributed by atoms with Crippen LogP contribution in [0.4, 0.5) is 0 Å². The number of furan rings is 1. The predicted octanol–water partition coefficient (Wildman–Crippen LogP) is 4.23. The molecule has 1 amide bonds. The number of hydrogen-bond acceptors (Lipinski definition) is 7. The lowest BCUT2D eigenvalue weighted by atomic mass is 10.1. The first-order valence-electron chi connectivity index (χ1n) is 9.39. The van der Waals surface area contributed by atoms with Crippen LogP contribution < -0.4 is 5.32 Å². The summed E-state index contributed by atoms with van der Waals surface area (Å²) in [5.41, 5.74) is 1.41. The number of thioether (sulfide) groups is 2. The van der Waals surface area contributed by atoms with Gasteiger partial charge in [-0.05, 0) is 18.9 Å². The van der Waals surface area contributed by atoms with Crippen LogP contribution in [-0.2, 0) is 15.3 Å². The van der Waals surface area contributed by atoms with Crippen molar-refractivity contribution in [1.82, 2.24) is 5.32 Å². The van der Waals surface area contributed by atoms with Gasteiger partial charge in [-0.25, -0.2) is 4.79 Å². The summed E-state index contributed by atoms with van der Waals surface area (Å²) in [7, 11) is 0. The Morgan fingerprint density at radius 1 is 1.32 bits per heavy atom. The highest BCUT2D eigenvalue weighted by atomic mass is 32.2. The molecule has 150 valence electrons. The van der Waals surface area contributed by atoms with Crippen molar-refractivity contribution < 1.29 is 18.7 Å². The molecule has 0 saturated heterocycles. The number of para-hydroxylation sites is 1. The highest BCUT2D eigenvalue weighted by Gasteiger charge is 2.23. The number of nitrogens with zero attached hydrogens (tertiary/aromatic N) is 1. The number of ether oxygens (including phenoxy) is 1. The molecule has 28 heavy (non-hydrogen) atoms. The minimum atomic E-state index is -0.618. The number of rotatable bonds is 8. The van der Waals surface area contributed by atoms with Crippen LogP contribution >= 0.6 is 23.5 Å². The van der Waals surface area contributed by atoms with Crippen molar-refractivity contribution in [3.63, 3.8) is 0 Å². The number of fused-ring (bicyclic) bond motifs is 1. The van der Waals surface area contributed by atoms with Crippen molar-refractivity contribution in [2.75, 3.05) is 18.9 Å². The van der Waals surface area contributed by atoms with Gasteiger partial charge >= 0.3 is 5.97 Å². The van der Waals surface area contributed by atoms with E-state index in [-0.39, 0.29) is 24.3 Å². The lowest BCUT2D eigenvalue weighted by Gasteiger charge is -2.14. The second-order valence-corrected chi connectivity index (χ2v) is 8.65. The van der Waals surface area contributed by atoms with Gasteiger partial charge < -0.3 is 14.5 Å². The molecule has 1 N–H and O–H groups in total. The maximum absolute atomic E-state index is 12.6. The van der Waals surface area contributed by atoms with Crippen molar-refractivity contribution >= 4 is 50.7 Å². The van der Waals surface area contributed by atoms with E-state index in [4.69, 9.17) is 9.15 Å². The van der Waals surface area contributed by atoms with Crippen molar-refractivity contribution in [2.45, 2.75) is 38.5 Å². The minimum Gasteiger partial charge on any atom is -0.450 e. The number of carbonyl (C=O) groups is 2. The molecule has 0 spiro atoms. The Hall–Kier alpha value is -1.93. The molecular weight excluding hydrogens is 396 g/mol. The van der Waals surface area contributed by atoms with E-state index >= 15 is 0 Å². The number of esters is 1. The lowest BCUT2D eigenvalue weighted by Crippen LogP contribution is -2.36. The summed E-state index contributed by atoms with van der Waals surface area (Å²) in [6.45, 7) is 4.53. The zero-order chi connectivity index (χ0) is 19.9. The molecule has 8 heteroatoms. The van der Waals surface area contributed by atoms with E-state index < -0.39 is 5.97 Å². The van der Waals surface area contributed by atoms with Crippen molar-refractivity contribution in [3.8, 4) is 0 Å². The van der Waals surface area contributed by atoms with Crippen LogP contribution in [0.5, 0.6) is 0 Å². The number of aliphatic imine (C=N–C) groups is 1. The summed E-state index contributed by atoms with van der Waals surface area (Å²) in [4.78, 5) is 29.1. The molecule has 2 aromatic rings. The molecule has 1 aromatic carbocycles. The normalized spacial score (nSPS) is 13.8. The highest BCUT2D eigenvalue weighted by Crippen LogP contribution is 2.32. The van der Waals surface area contributed by atoms with Gasteiger partial charge in [0.1, 0.15) is 9.96 Å². The molecule has 6 nitrogen and oxygen atoms in total. The van der Waals surface area contributed by atoms with Crippen LogP contribution in [-0.4, -0.2) is 41.2 Å². The fraction of sp³-hybridized carbons (Fsp3) is 0.450. The quantitative estimate of drug-likeness (QED) is 0.644. The first-order chi connectivity index (χ1) is 13.6. The maximum Gasteiger partial charge on any atom is 0.375 e. The van der Waals surface area contributed by atoms with Crippen LogP contribution in [0.2, 0.25) is 0 Å². The number of amides is 1. The molecule has 0 unspecified atom stereocenters. The van der Waals surface area contributed by atoms with E-state index in [0.29, 0.717) is 11.3 Å². The average Bonchev–Trinajstić information content (AvgIpc) is 3.36. The minimum absolute atomic E-state index is 0.0917. The Labute approximate surface area is 172 Å². The Bertz CT molecular complexity index is 874. The van der Waals surface area contributed by atoms with Crippen LogP contribution in [0.1, 0.15) is 42.8 Å². The standard InChI is InChI=1S/C20H24N2O4S2/c1-3-13(4-2)22-17(23)11-25-19(24)18-15(12-28-20-21-9-10-27-20)14-7-5-6-8-16(14)26-18/h5-8,13H,3-4,9-12H2,1-2H3,(H,22,23). The molecule has 0 aliphatic carbocycles. The van der Waals surface area contributed by atoms with Gasteiger partial charge in [-0.1, -0.05) is 55.6 Å². The summed E-state index contributed by atoms with van der Waals surface area (Å²) in [5, 5.41) is 3.74. The molecular formula is C20H24N2O4S2. The van der Waals surface area contributed by atoms with Crippen LogP contribution in [0.3, 0.4) is 0 Å².